The maximum absolute atomic E-state index is 5.85. The van der Waals surface area contributed by atoms with Crippen LogP contribution in [-0.4, -0.2) is 15.0 Å². The number of benzene rings is 12. The van der Waals surface area contributed by atoms with Crippen LogP contribution >= 0.6 is 0 Å². The maximum Gasteiger partial charge on any atom is 0.164 e. The van der Waals surface area contributed by atoms with Crippen LogP contribution in [-0.2, 0) is 0 Å². The second-order valence-electron chi connectivity index (χ2n) is 21.9. The number of para-hydroxylation sites is 3. The molecule has 6 nitrogen and oxygen atoms in total. The Balaban J connectivity index is 1.04. The molecule has 0 atom stereocenters. The number of aromatic nitrogens is 3. The lowest BCUT2D eigenvalue weighted by molar-refractivity contribution is 1.07. The van der Waals surface area contributed by atoms with Crippen LogP contribution in [0.4, 0.5) is 34.1 Å². The molecule has 0 spiro atoms. The molecule has 16 rings (SSSR count). The Bertz CT molecular complexity index is 4270. The third-order valence-electron chi connectivity index (χ3n) is 16.8. The number of hydrogen-bond donors (Lipinski definition) is 3. The smallest absolute Gasteiger partial charge is 0.164 e. The van der Waals surface area contributed by atoms with Crippen molar-refractivity contribution in [3.8, 4) is 34.2 Å². The van der Waals surface area contributed by atoms with Crippen molar-refractivity contribution in [2.75, 3.05) is 16.0 Å². The third-order valence-corrected chi connectivity index (χ3v) is 16.8. The van der Waals surface area contributed by atoms with E-state index in [4.69, 9.17) is 15.0 Å². The van der Waals surface area contributed by atoms with Gasteiger partial charge < -0.3 is 16.0 Å². The molecule has 3 N–H and O–H groups in total. The highest BCUT2D eigenvalue weighted by atomic mass is 15.0. The molecule has 3 aliphatic rings. The van der Waals surface area contributed by atoms with E-state index in [-0.39, 0.29) is 0 Å². The molecule has 1 aromatic heterocycles. The highest BCUT2D eigenvalue weighted by Crippen LogP contribution is 2.54. The number of hydrogen-bond acceptors (Lipinski definition) is 6. The summed E-state index contributed by atoms with van der Waals surface area (Å²) < 4.78 is 0. The van der Waals surface area contributed by atoms with E-state index in [2.05, 4.69) is 325 Å². The summed E-state index contributed by atoms with van der Waals surface area (Å²) in [6.07, 6.45) is 0. The average molecular weight is 1110 g/mol. The van der Waals surface area contributed by atoms with Crippen LogP contribution < -0.4 is 16.0 Å². The van der Waals surface area contributed by atoms with Gasteiger partial charge in [-0.05, 0) is 86.5 Å². The van der Waals surface area contributed by atoms with Gasteiger partial charge in [0, 0.05) is 101 Å². The fourth-order valence-electron chi connectivity index (χ4n) is 13.1. The standard InChI is InChI=1S/C81H54N6/c1-7-28-52(29-8-1)70(53-30-9-2-10-31-53)76-58-40-19-22-46-64(58)82-67-49-25-43-61(73(67)76)79-85-80(62-44-26-50-68-74(62)77(59-41-20-23-47-65(59)83-68)71(54-32-11-3-12-33-54)55-34-13-4-14-35-55)87-81(86-79)63-45-27-51-69-75(63)78(60-42-21-24-48-66(60)84-69)72(56-36-15-5-16-37-56)57-38-17-6-18-39-57/h1-51,82-84H. The molecule has 0 saturated heterocycles. The molecule has 0 fully saturated rings. The topological polar surface area (TPSA) is 74.8 Å². The number of rotatable bonds is 9. The molecule has 87 heavy (non-hydrogen) atoms. The Kier molecular flexibility index (Phi) is 12.8. The molecular weight excluding hydrogens is 1060 g/mol. The highest BCUT2D eigenvalue weighted by molar-refractivity contribution is 6.17. The summed E-state index contributed by atoms with van der Waals surface area (Å²) in [7, 11) is 0. The Hall–Kier alpha value is -11.7. The summed E-state index contributed by atoms with van der Waals surface area (Å²) in [4.78, 5) is 17.6. The van der Waals surface area contributed by atoms with Crippen LogP contribution in [0.2, 0.25) is 0 Å². The quantitative estimate of drug-likeness (QED) is 0.134. The minimum absolute atomic E-state index is 0.531. The Morgan fingerprint density at radius 1 is 0.184 bits per heavy atom. The van der Waals surface area contributed by atoms with E-state index in [1.54, 1.807) is 0 Å². The predicted octanol–water partition coefficient (Wildman–Crippen LogP) is 20.1. The van der Waals surface area contributed by atoms with Crippen LogP contribution in [0.5, 0.6) is 0 Å². The lowest BCUT2D eigenvalue weighted by Gasteiger charge is -2.30. The van der Waals surface area contributed by atoms with Gasteiger partial charge in [-0.1, -0.05) is 273 Å². The number of fused-ring (bicyclic) bond motifs is 6. The number of nitrogens with zero attached hydrogens (tertiary/aromatic N) is 3. The minimum atomic E-state index is 0.531. The molecule has 0 unspecified atom stereocenters. The molecule has 12 aromatic carbocycles. The van der Waals surface area contributed by atoms with Crippen molar-refractivity contribution >= 4 is 67.6 Å². The number of anilines is 6. The first-order valence-corrected chi connectivity index (χ1v) is 29.5. The van der Waals surface area contributed by atoms with Crippen molar-refractivity contribution in [3.63, 3.8) is 0 Å². The predicted molar refractivity (Wildman–Crippen MR) is 359 cm³/mol. The first-order valence-electron chi connectivity index (χ1n) is 29.5. The molecule has 0 amide bonds. The first kappa shape index (κ1) is 51.0. The second-order valence-corrected chi connectivity index (χ2v) is 21.9. The highest BCUT2D eigenvalue weighted by Gasteiger charge is 2.34. The molecule has 0 bridgehead atoms. The zero-order valence-electron chi connectivity index (χ0n) is 47.3. The third kappa shape index (κ3) is 9.03. The van der Waals surface area contributed by atoms with Gasteiger partial charge in [0.25, 0.3) is 0 Å². The summed E-state index contributed by atoms with van der Waals surface area (Å²) >= 11 is 0. The van der Waals surface area contributed by atoms with E-state index < -0.39 is 0 Å². The van der Waals surface area contributed by atoms with E-state index >= 15 is 0 Å². The molecule has 0 saturated carbocycles. The molecule has 4 heterocycles. The zero-order chi connectivity index (χ0) is 57.6. The summed E-state index contributed by atoms with van der Waals surface area (Å²) in [5.41, 5.74) is 27.8. The molecule has 0 radical (unpaired) electrons. The van der Waals surface area contributed by atoms with Crippen molar-refractivity contribution in [2.24, 2.45) is 0 Å². The second kappa shape index (κ2) is 21.8. The molecule has 3 aliphatic heterocycles. The van der Waals surface area contributed by atoms with Gasteiger partial charge in [0.1, 0.15) is 0 Å². The Morgan fingerprint density at radius 2 is 0.379 bits per heavy atom. The van der Waals surface area contributed by atoms with E-state index in [1.807, 2.05) is 0 Å². The lowest BCUT2D eigenvalue weighted by atomic mass is 9.80. The SMILES string of the molecule is c1ccc(C(=C2c3ccccc3Nc3cccc(-c4nc(-c5cccc6c5C(=C(c5ccccc5)c5ccccc5)c5ccccc5N6)nc(-c5cccc6c5C(=C(c5ccccc5)c5ccccc5)c5ccccc5N6)n4)c32)c2ccccc2)cc1. The van der Waals surface area contributed by atoms with Gasteiger partial charge in [0.05, 0.1) is 0 Å². The summed E-state index contributed by atoms with van der Waals surface area (Å²) in [5, 5.41) is 11.7. The van der Waals surface area contributed by atoms with Gasteiger partial charge in [-0.2, -0.15) is 0 Å². The van der Waals surface area contributed by atoms with Crippen LogP contribution in [0.15, 0.2) is 309 Å². The van der Waals surface area contributed by atoms with Gasteiger partial charge in [-0.25, -0.2) is 15.0 Å². The van der Waals surface area contributed by atoms with Crippen molar-refractivity contribution < 1.29 is 0 Å². The van der Waals surface area contributed by atoms with E-state index in [1.165, 1.54) is 0 Å². The van der Waals surface area contributed by atoms with Crippen molar-refractivity contribution in [3.05, 3.63) is 376 Å². The largest absolute Gasteiger partial charge is 0.354 e. The van der Waals surface area contributed by atoms with Gasteiger partial charge in [0.2, 0.25) is 0 Å². The number of nitrogens with one attached hydrogen (secondary N) is 3. The fraction of sp³-hybridized carbons (Fsp3) is 0. The molecule has 13 aromatic rings. The first-order chi connectivity index (χ1) is 43.2. The summed E-state index contributed by atoms with van der Waals surface area (Å²) in [6, 6.07) is 110. The van der Waals surface area contributed by atoms with Crippen LogP contribution in [0.1, 0.15) is 66.8 Å². The fourth-order valence-corrected chi connectivity index (χ4v) is 13.1. The van der Waals surface area contributed by atoms with Gasteiger partial charge in [-0.15, -0.1) is 0 Å². The Morgan fingerprint density at radius 3 is 0.621 bits per heavy atom. The van der Waals surface area contributed by atoms with Gasteiger partial charge in [0.15, 0.2) is 17.5 Å². The van der Waals surface area contributed by atoms with Crippen LogP contribution in [0.3, 0.4) is 0 Å². The zero-order valence-corrected chi connectivity index (χ0v) is 47.3. The van der Waals surface area contributed by atoms with E-state index in [0.29, 0.717) is 17.5 Å². The monoisotopic (exact) mass is 1110 g/mol. The van der Waals surface area contributed by atoms with Crippen molar-refractivity contribution in [1.82, 2.24) is 15.0 Å². The van der Waals surface area contributed by atoms with Crippen LogP contribution in [0.25, 0.3) is 67.6 Å². The normalized spacial score (nSPS) is 12.3. The minimum Gasteiger partial charge on any atom is -0.354 e. The molecule has 0 aliphatic carbocycles. The molecule has 408 valence electrons. The average Bonchev–Trinajstić information content (AvgIpc) is 1.04. The van der Waals surface area contributed by atoms with Crippen molar-refractivity contribution in [2.45, 2.75) is 0 Å². The van der Waals surface area contributed by atoms with Gasteiger partial charge in [-0.3, -0.25) is 0 Å². The molecular formula is C81H54N6. The summed E-state index contributed by atoms with van der Waals surface area (Å²) in [6.45, 7) is 0. The van der Waals surface area contributed by atoms with Crippen molar-refractivity contribution in [1.29, 1.82) is 0 Å². The van der Waals surface area contributed by atoms with E-state index in [9.17, 15) is 0 Å². The molecule has 6 heteroatoms. The Labute approximate surface area is 506 Å². The maximum atomic E-state index is 5.85. The van der Waals surface area contributed by atoms with Gasteiger partial charge >= 0.3 is 0 Å². The van der Waals surface area contributed by atoms with E-state index in [0.717, 1.165) is 151 Å². The van der Waals surface area contributed by atoms with Crippen LogP contribution in [0, 0.1) is 0 Å². The summed E-state index contributed by atoms with van der Waals surface area (Å²) in [5.74, 6) is 1.59. The lowest BCUT2D eigenvalue weighted by Crippen LogP contribution is -2.13.